The summed E-state index contributed by atoms with van der Waals surface area (Å²) < 4.78 is 0. The van der Waals surface area contributed by atoms with E-state index in [1.807, 2.05) is 24.0 Å². The molecule has 1 aromatic heterocycles. The van der Waals surface area contributed by atoms with Gasteiger partial charge in [-0.15, -0.1) is 0 Å². The largest absolute Gasteiger partial charge is 0.341 e. The summed E-state index contributed by atoms with van der Waals surface area (Å²) >= 11 is 1.89. The number of benzene rings is 1. The van der Waals surface area contributed by atoms with E-state index in [9.17, 15) is 0 Å². The summed E-state index contributed by atoms with van der Waals surface area (Å²) in [6, 6.07) is 15.6. The van der Waals surface area contributed by atoms with Crippen LogP contribution in [0.25, 0.3) is 0 Å². The molecule has 124 valence electrons. The summed E-state index contributed by atoms with van der Waals surface area (Å²) in [5, 5.41) is 1.78. The lowest BCUT2D eigenvalue weighted by Gasteiger charge is -2.27. The lowest BCUT2D eigenvalue weighted by molar-refractivity contribution is 0.321. The Morgan fingerprint density at radius 2 is 1.92 bits per heavy atom. The van der Waals surface area contributed by atoms with E-state index in [-0.39, 0.29) is 12.1 Å². The molecule has 0 bridgehead atoms. The minimum atomic E-state index is 0.0890. The van der Waals surface area contributed by atoms with E-state index in [1.54, 1.807) is 0 Å². The lowest BCUT2D eigenvalue weighted by Crippen LogP contribution is -2.28. The van der Waals surface area contributed by atoms with Crippen molar-refractivity contribution in [1.29, 1.82) is 0 Å². The summed E-state index contributed by atoms with van der Waals surface area (Å²) in [5.74, 6) is 0.559. The molecule has 4 rings (SSSR count). The van der Waals surface area contributed by atoms with Crippen molar-refractivity contribution in [3.63, 3.8) is 0 Å². The number of nitrogens with zero attached hydrogens (tertiary/aromatic N) is 3. The molecule has 1 aromatic carbocycles. The van der Waals surface area contributed by atoms with Crippen LogP contribution in [0, 0.1) is 0 Å². The maximum atomic E-state index is 5.03. The molecule has 0 spiro atoms. The quantitative estimate of drug-likeness (QED) is 0.806. The van der Waals surface area contributed by atoms with Crippen molar-refractivity contribution in [3.05, 3.63) is 65.5 Å². The second-order valence-electron chi connectivity index (χ2n) is 6.96. The van der Waals surface area contributed by atoms with Gasteiger partial charge in [-0.1, -0.05) is 62.9 Å². The Labute approximate surface area is 148 Å². The molecule has 0 amide bonds. The van der Waals surface area contributed by atoms with Gasteiger partial charge in [-0.2, -0.15) is 0 Å². The monoisotopic (exact) mass is 337 g/mol. The van der Waals surface area contributed by atoms with Crippen molar-refractivity contribution in [2.24, 2.45) is 4.99 Å². The topological polar surface area (TPSA) is 28.5 Å². The van der Waals surface area contributed by atoms with E-state index in [1.165, 1.54) is 16.3 Å². The van der Waals surface area contributed by atoms with Gasteiger partial charge in [0.1, 0.15) is 6.04 Å². The number of amidine groups is 1. The van der Waals surface area contributed by atoms with Gasteiger partial charge in [0.05, 0.1) is 11.7 Å². The van der Waals surface area contributed by atoms with Crippen LogP contribution in [0.15, 0.2) is 53.7 Å². The number of rotatable bonds is 3. The van der Waals surface area contributed by atoms with Crippen molar-refractivity contribution >= 4 is 16.9 Å². The normalized spacial score (nSPS) is 25.9. The molecule has 1 saturated heterocycles. The Morgan fingerprint density at radius 1 is 1.12 bits per heavy atom. The zero-order chi connectivity index (χ0) is 16.7. The number of fused-ring (bicyclic) bond motifs is 1. The lowest BCUT2D eigenvalue weighted by atomic mass is 9.94. The number of thioether (sulfide) groups is 1. The standard InChI is InChI=1S/C20H23N3S/c1-13(2)15-7-9-16(10-8-15)19-18(17-6-4-5-11-21-17)22-20-23(19)12-14(3)24-20/h4-11,13-14,18-19H,12H2,1-3H3/t14-,18-,19-/m0/s1. The first-order valence-electron chi connectivity index (χ1n) is 8.65. The fourth-order valence-corrected chi connectivity index (χ4v) is 4.65. The summed E-state index contributed by atoms with van der Waals surface area (Å²) in [7, 11) is 0. The third kappa shape index (κ3) is 2.73. The maximum Gasteiger partial charge on any atom is 0.160 e. The number of aliphatic imine (C=N–C) groups is 1. The Kier molecular flexibility index (Phi) is 4.09. The molecular weight excluding hydrogens is 314 g/mol. The van der Waals surface area contributed by atoms with Crippen LogP contribution in [0.2, 0.25) is 0 Å². The second-order valence-corrected chi connectivity index (χ2v) is 8.36. The van der Waals surface area contributed by atoms with Gasteiger partial charge >= 0.3 is 0 Å². The predicted molar refractivity (Wildman–Crippen MR) is 101 cm³/mol. The van der Waals surface area contributed by atoms with Gasteiger partial charge < -0.3 is 4.90 Å². The highest BCUT2D eigenvalue weighted by molar-refractivity contribution is 8.14. The van der Waals surface area contributed by atoms with Gasteiger partial charge in [-0.25, -0.2) is 0 Å². The Hall–Kier alpha value is -1.81. The molecule has 2 aliphatic heterocycles. The molecule has 3 atom stereocenters. The van der Waals surface area contributed by atoms with Crippen LogP contribution >= 0.6 is 11.8 Å². The van der Waals surface area contributed by atoms with Gasteiger partial charge in [0.15, 0.2) is 5.17 Å². The molecule has 0 aliphatic carbocycles. The van der Waals surface area contributed by atoms with Crippen LogP contribution in [0.4, 0.5) is 0 Å². The van der Waals surface area contributed by atoms with Crippen LogP contribution < -0.4 is 0 Å². The van der Waals surface area contributed by atoms with Crippen LogP contribution in [0.1, 0.15) is 55.6 Å². The Balaban J connectivity index is 1.72. The van der Waals surface area contributed by atoms with Crippen LogP contribution in [0.3, 0.4) is 0 Å². The average molecular weight is 337 g/mol. The second kappa shape index (κ2) is 6.25. The molecule has 3 heterocycles. The van der Waals surface area contributed by atoms with Gasteiger partial charge in [-0.05, 0) is 29.2 Å². The molecule has 3 nitrogen and oxygen atoms in total. The van der Waals surface area contributed by atoms with Crippen molar-refractivity contribution in [2.75, 3.05) is 6.54 Å². The molecule has 0 saturated carbocycles. The minimum absolute atomic E-state index is 0.0890. The zero-order valence-electron chi connectivity index (χ0n) is 14.4. The van der Waals surface area contributed by atoms with E-state index in [0.717, 1.165) is 12.2 Å². The zero-order valence-corrected chi connectivity index (χ0v) is 15.2. The van der Waals surface area contributed by atoms with Crippen LogP contribution in [-0.2, 0) is 0 Å². The van der Waals surface area contributed by atoms with Crippen molar-refractivity contribution in [3.8, 4) is 0 Å². The Morgan fingerprint density at radius 3 is 2.58 bits per heavy atom. The van der Waals surface area contributed by atoms with Gasteiger partial charge in [-0.3, -0.25) is 9.98 Å². The molecule has 1 fully saturated rings. The molecule has 0 unspecified atom stereocenters. The predicted octanol–water partition coefficient (Wildman–Crippen LogP) is 4.79. The van der Waals surface area contributed by atoms with Gasteiger partial charge in [0.25, 0.3) is 0 Å². The molecule has 24 heavy (non-hydrogen) atoms. The minimum Gasteiger partial charge on any atom is -0.341 e. The first-order chi connectivity index (χ1) is 11.6. The van der Waals surface area contributed by atoms with Gasteiger partial charge in [0.2, 0.25) is 0 Å². The van der Waals surface area contributed by atoms with E-state index < -0.39 is 0 Å². The fraction of sp³-hybridized carbons (Fsp3) is 0.400. The molecule has 0 N–H and O–H groups in total. The number of pyridine rings is 1. The average Bonchev–Trinajstić information content (AvgIpc) is 3.11. The van der Waals surface area contributed by atoms with E-state index >= 15 is 0 Å². The number of aromatic nitrogens is 1. The highest BCUT2D eigenvalue weighted by Crippen LogP contribution is 2.47. The number of hydrogen-bond acceptors (Lipinski definition) is 4. The first-order valence-corrected chi connectivity index (χ1v) is 9.53. The Bertz CT molecular complexity index is 739. The summed E-state index contributed by atoms with van der Waals surface area (Å²) in [6.45, 7) is 7.81. The summed E-state index contributed by atoms with van der Waals surface area (Å²) in [5.41, 5.74) is 3.78. The van der Waals surface area contributed by atoms with E-state index in [2.05, 4.69) is 67.1 Å². The summed E-state index contributed by atoms with van der Waals surface area (Å²) in [6.07, 6.45) is 1.87. The van der Waals surface area contributed by atoms with Crippen molar-refractivity contribution in [1.82, 2.24) is 9.88 Å². The van der Waals surface area contributed by atoms with Crippen molar-refractivity contribution in [2.45, 2.75) is 44.0 Å². The van der Waals surface area contributed by atoms with E-state index in [0.29, 0.717) is 11.2 Å². The fourth-order valence-electron chi connectivity index (χ4n) is 3.56. The number of hydrogen-bond donors (Lipinski definition) is 0. The SMILES string of the molecule is CC(C)c1ccc([C@H]2[C@H](c3ccccn3)N=C3S[C@@H](C)CN32)cc1. The highest BCUT2D eigenvalue weighted by Gasteiger charge is 2.43. The van der Waals surface area contributed by atoms with Crippen LogP contribution in [0.5, 0.6) is 0 Å². The molecule has 4 heteroatoms. The van der Waals surface area contributed by atoms with Gasteiger partial charge in [0, 0.05) is 18.0 Å². The molecular formula is C20H23N3S. The first kappa shape index (κ1) is 15.7. The van der Waals surface area contributed by atoms with Crippen LogP contribution in [-0.4, -0.2) is 26.8 Å². The highest BCUT2D eigenvalue weighted by atomic mass is 32.2. The van der Waals surface area contributed by atoms with Crippen molar-refractivity contribution < 1.29 is 0 Å². The molecule has 2 aliphatic rings. The van der Waals surface area contributed by atoms with E-state index in [4.69, 9.17) is 4.99 Å². The third-order valence-electron chi connectivity index (χ3n) is 4.83. The smallest absolute Gasteiger partial charge is 0.160 e. The molecule has 0 radical (unpaired) electrons. The molecule has 2 aromatic rings. The summed E-state index contributed by atoms with van der Waals surface area (Å²) in [4.78, 5) is 12.1. The maximum absolute atomic E-state index is 5.03. The third-order valence-corrected chi connectivity index (χ3v) is 5.93.